The van der Waals surface area contributed by atoms with Crippen LogP contribution in [-0.4, -0.2) is 84.7 Å². The first-order chi connectivity index (χ1) is 25.2. The molecular formula is C39H49N10O2+3. The van der Waals surface area contributed by atoms with Gasteiger partial charge >= 0.3 is 5.84 Å². The average molecular weight is 690 g/mol. The van der Waals surface area contributed by atoms with Crippen LogP contribution in [0.25, 0.3) is 0 Å². The Balaban J connectivity index is 0.930. The number of allylic oxidation sites excluding steroid dienone is 2. The van der Waals surface area contributed by atoms with Crippen LogP contribution in [-0.2, 0) is 19.4 Å². The maximum atomic E-state index is 9.35. The van der Waals surface area contributed by atoms with Gasteiger partial charge < -0.3 is 20.0 Å². The molecular weight excluding hydrogens is 640 g/mol. The SMILES string of the molecule is OCCN(CCO)c1ccc(N=NC2=[N+](CCN3C=C[NH+]3CC[n+]3cccc(N=Nc4cc5c6c(c4)CCCN6CCC5)c3)C=CC=CC2)cc1. The molecule has 0 spiro atoms. The van der Waals surface area contributed by atoms with Crippen LogP contribution in [0.3, 0.4) is 0 Å². The van der Waals surface area contributed by atoms with Crippen molar-refractivity contribution in [3.05, 3.63) is 109 Å². The second-order valence-corrected chi connectivity index (χ2v) is 13.3. The number of quaternary nitrogens is 1. The highest BCUT2D eigenvalue weighted by molar-refractivity contribution is 5.80. The first-order valence-corrected chi connectivity index (χ1v) is 18.2. The number of benzene rings is 2. The van der Waals surface area contributed by atoms with E-state index in [2.05, 4.69) is 88.7 Å². The first kappa shape index (κ1) is 34.4. The average Bonchev–Trinajstić information content (AvgIpc) is 3.38. The van der Waals surface area contributed by atoms with Crippen LogP contribution in [0.4, 0.5) is 28.4 Å². The number of aliphatic hydroxyl groups is 2. The number of nitrogens with zero attached hydrogens (tertiary/aromatic N) is 9. The summed E-state index contributed by atoms with van der Waals surface area (Å²) < 4.78 is 4.36. The summed E-state index contributed by atoms with van der Waals surface area (Å²) in [6.07, 6.45) is 22.2. The Kier molecular flexibility index (Phi) is 11.3. The van der Waals surface area contributed by atoms with Crippen LogP contribution in [0.15, 0.2) is 118 Å². The number of aryl methyl sites for hydroxylation is 2. The zero-order chi connectivity index (χ0) is 34.8. The first-order valence-electron chi connectivity index (χ1n) is 18.2. The van der Waals surface area contributed by atoms with Crippen molar-refractivity contribution < 1.29 is 24.4 Å². The maximum Gasteiger partial charge on any atom is 0.330 e. The minimum Gasteiger partial charge on any atom is -0.395 e. The molecule has 0 fully saturated rings. The van der Waals surface area contributed by atoms with Crippen molar-refractivity contribution in [1.29, 1.82) is 0 Å². The standard InChI is InChI=1S/C39H48N10O2/c50-27-25-45(26-28-51)37-13-11-34(12-14-37)40-43-38-10-2-1-3-16-46(38)20-22-49-24-23-48(49)21-19-44-15-6-9-35(31-44)41-42-36-29-32-7-4-17-47-18-5-8-33(30-36)39(32)47/h1-3,6,9,11-16,23-24,29-31,50-51H,4-5,7-8,10,17-22,25-28H2/q+2/p+1. The molecule has 264 valence electrons. The van der Waals surface area contributed by atoms with Gasteiger partial charge in [0.1, 0.15) is 36.9 Å². The van der Waals surface area contributed by atoms with Gasteiger partial charge in [0.25, 0.3) is 0 Å². The number of azo groups is 2. The number of hydrogen-bond donors (Lipinski definition) is 3. The Bertz CT molecular complexity index is 1810. The number of hydrogen-bond acceptors (Lipinski definition) is 9. The number of aromatic nitrogens is 1. The van der Waals surface area contributed by atoms with Crippen LogP contribution < -0.4 is 19.4 Å². The monoisotopic (exact) mass is 689 g/mol. The molecule has 4 aliphatic heterocycles. The second-order valence-electron chi connectivity index (χ2n) is 13.3. The zero-order valence-electron chi connectivity index (χ0n) is 29.3. The third kappa shape index (κ3) is 8.65. The van der Waals surface area contributed by atoms with Gasteiger partial charge in [-0.1, -0.05) is 12.2 Å². The number of rotatable bonds is 14. The molecule has 12 heteroatoms. The number of amidine groups is 1. The third-order valence-corrected chi connectivity index (χ3v) is 9.85. The van der Waals surface area contributed by atoms with Gasteiger partial charge in [-0.2, -0.15) is 14.7 Å². The Morgan fingerprint density at radius 3 is 2.29 bits per heavy atom. The van der Waals surface area contributed by atoms with Gasteiger partial charge in [0.05, 0.1) is 36.6 Å². The summed E-state index contributed by atoms with van der Waals surface area (Å²) in [6, 6.07) is 16.2. The van der Waals surface area contributed by atoms with Gasteiger partial charge in [0.2, 0.25) is 0 Å². The molecule has 0 amide bonds. The predicted octanol–water partition coefficient (Wildman–Crippen LogP) is 4.13. The molecule has 3 N–H and O–H groups in total. The molecule has 3 aromatic rings. The second kappa shape index (κ2) is 16.8. The number of pyridine rings is 1. The predicted molar refractivity (Wildman–Crippen MR) is 198 cm³/mol. The summed E-state index contributed by atoms with van der Waals surface area (Å²) in [6.45, 7) is 6.74. The minimum atomic E-state index is 0.0276. The van der Waals surface area contributed by atoms with Crippen molar-refractivity contribution >= 4 is 34.3 Å². The molecule has 2 aromatic carbocycles. The number of anilines is 2. The summed E-state index contributed by atoms with van der Waals surface area (Å²) >= 11 is 0. The van der Waals surface area contributed by atoms with Crippen molar-refractivity contribution in [3.63, 3.8) is 0 Å². The van der Waals surface area contributed by atoms with E-state index in [9.17, 15) is 10.2 Å². The van der Waals surface area contributed by atoms with Gasteiger partial charge in [-0.05, 0) is 90.5 Å². The van der Waals surface area contributed by atoms with Crippen LogP contribution in [0.5, 0.6) is 0 Å². The number of nitrogens with one attached hydrogen (secondary N) is 1. The Labute approximate surface area is 300 Å². The lowest BCUT2D eigenvalue weighted by Crippen LogP contribution is -3.18. The van der Waals surface area contributed by atoms with Crippen molar-refractivity contribution in [3.8, 4) is 0 Å². The van der Waals surface area contributed by atoms with Crippen LogP contribution in [0, 0.1) is 0 Å². The topological polar surface area (TPSA) is 111 Å². The van der Waals surface area contributed by atoms with Crippen LogP contribution in [0.1, 0.15) is 30.4 Å². The summed E-state index contributed by atoms with van der Waals surface area (Å²) in [5.41, 5.74) is 7.82. The van der Waals surface area contributed by atoms with E-state index < -0.39 is 0 Å². The largest absolute Gasteiger partial charge is 0.395 e. The van der Waals surface area contributed by atoms with Crippen molar-refractivity contribution in [2.75, 3.05) is 68.8 Å². The maximum absolute atomic E-state index is 9.35. The van der Waals surface area contributed by atoms with E-state index in [-0.39, 0.29) is 13.2 Å². The fraction of sp³-hybridized carbons (Fsp3) is 0.385. The molecule has 7 rings (SSSR count). The fourth-order valence-electron chi connectivity index (χ4n) is 7.22. The van der Waals surface area contributed by atoms with Gasteiger partial charge in [-0.15, -0.1) is 5.11 Å². The molecule has 1 aromatic heterocycles. The highest BCUT2D eigenvalue weighted by Crippen LogP contribution is 2.38. The van der Waals surface area contributed by atoms with Crippen LogP contribution >= 0.6 is 0 Å². The summed E-state index contributed by atoms with van der Waals surface area (Å²) in [5, 5.41) is 40.8. The highest BCUT2D eigenvalue weighted by atomic mass is 16.3. The van der Waals surface area contributed by atoms with E-state index in [0.29, 0.717) is 19.5 Å². The van der Waals surface area contributed by atoms with Crippen molar-refractivity contribution in [2.24, 2.45) is 20.5 Å². The molecule has 0 saturated heterocycles. The van der Waals surface area contributed by atoms with Crippen molar-refractivity contribution in [1.82, 2.24) is 5.01 Å². The smallest absolute Gasteiger partial charge is 0.330 e. The summed E-state index contributed by atoms with van der Waals surface area (Å²) in [5.74, 6) is 0.885. The summed E-state index contributed by atoms with van der Waals surface area (Å²) in [4.78, 5) is 4.50. The van der Waals surface area contributed by atoms with Gasteiger partial charge in [0.15, 0.2) is 25.5 Å². The van der Waals surface area contributed by atoms with E-state index in [1.165, 1.54) is 47.8 Å². The highest BCUT2D eigenvalue weighted by Gasteiger charge is 2.26. The lowest BCUT2D eigenvalue weighted by Gasteiger charge is -2.36. The molecule has 0 bridgehead atoms. The number of aliphatic hydroxyl groups excluding tert-OH is 2. The third-order valence-electron chi connectivity index (χ3n) is 9.85. The quantitative estimate of drug-likeness (QED) is 0.174. The van der Waals surface area contributed by atoms with E-state index in [1.54, 1.807) is 0 Å². The minimum absolute atomic E-state index is 0.0276. The molecule has 12 nitrogen and oxygen atoms in total. The molecule has 51 heavy (non-hydrogen) atoms. The molecule has 5 heterocycles. The molecule has 0 radical (unpaired) electrons. The Morgan fingerprint density at radius 2 is 1.57 bits per heavy atom. The van der Waals surface area contributed by atoms with E-state index in [1.807, 2.05) is 53.5 Å². The van der Waals surface area contributed by atoms with E-state index >= 15 is 0 Å². The molecule has 0 saturated carbocycles. The zero-order valence-corrected chi connectivity index (χ0v) is 29.3. The molecule has 1 unspecified atom stereocenters. The molecule has 4 aliphatic rings. The Morgan fingerprint density at radius 1 is 0.824 bits per heavy atom. The molecule has 0 aliphatic carbocycles. The summed E-state index contributed by atoms with van der Waals surface area (Å²) in [7, 11) is 0. The van der Waals surface area contributed by atoms with Gasteiger partial charge in [0, 0.05) is 43.6 Å². The lowest BCUT2D eigenvalue weighted by molar-refractivity contribution is -0.997. The van der Waals surface area contributed by atoms with Gasteiger partial charge in [-0.25, -0.2) is 9.58 Å². The van der Waals surface area contributed by atoms with E-state index in [0.717, 1.165) is 67.6 Å². The normalized spacial score (nSPS) is 18.1. The fourth-order valence-corrected chi connectivity index (χ4v) is 7.22. The van der Waals surface area contributed by atoms with Crippen molar-refractivity contribution in [2.45, 2.75) is 38.6 Å². The molecule has 1 atom stereocenters. The Hall–Kier alpha value is -5.04. The van der Waals surface area contributed by atoms with Crippen LogP contribution in [0.2, 0.25) is 0 Å². The van der Waals surface area contributed by atoms with E-state index in [4.69, 9.17) is 0 Å². The lowest BCUT2D eigenvalue weighted by atomic mass is 9.91. The van der Waals surface area contributed by atoms with Gasteiger partial charge in [-0.3, -0.25) is 0 Å².